The number of fused-ring (bicyclic) bond motifs is 1. The van der Waals surface area contributed by atoms with Crippen molar-refractivity contribution in [1.82, 2.24) is 9.47 Å². The molecular weight excluding hydrogens is 1120 g/mol. The average Bonchev–Trinajstić information content (AvgIpc) is 3.43. The summed E-state index contributed by atoms with van der Waals surface area (Å²) in [7, 11) is 0. The second-order valence-corrected chi connectivity index (χ2v) is 21.0. The van der Waals surface area contributed by atoms with Gasteiger partial charge < -0.3 is 44.0 Å². The molecule has 2 aromatic heterocycles. The average molecular weight is 1190 g/mol. The molecule has 4 N–H and O–H groups in total. The predicted molar refractivity (Wildman–Crippen MR) is 315 cm³/mol. The first-order valence-corrected chi connectivity index (χ1v) is 27.4. The van der Waals surface area contributed by atoms with Crippen molar-refractivity contribution in [2.45, 2.75) is 130 Å². The van der Waals surface area contributed by atoms with Crippen molar-refractivity contribution in [3.05, 3.63) is 196 Å². The maximum atomic E-state index is 14.4. The molecule has 9 rings (SSSR count). The molecule has 4 aromatic carbocycles. The van der Waals surface area contributed by atoms with E-state index in [-0.39, 0.29) is 119 Å². The number of nitrogens with two attached hydrogens (primary N) is 1. The minimum Gasteiger partial charge on any atom is -0.483 e. The van der Waals surface area contributed by atoms with Gasteiger partial charge in [-0.25, -0.2) is 13.6 Å². The Morgan fingerprint density at radius 2 is 1.22 bits per heavy atom. The predicted octanol–water partition coefficient (Wildman–Crippen LogP) is 11.0. The molecule has 3 aliphatic rings. The second kappa shape index (κ2) is 30.1. The zero-order chi connectivity index (χ0) is 57.7. The van der Waals surface area contributed by atoms with Crippen molar-refractivity contribution in [2.75, 3.05) is 19.7 Å². The number of likely N-dealkylation sites (N-methyl/N-ethyl adjacent to an activating group) is 1. The zero-order valence-corrected chi connectivity index (χ0v) is 48.5. The molecular formula is C62H72Cl2F2N3O12P. The number of hydrogen-bond acceptors (Lipinski definition) is 13. The van der Waals surface area contributed by atoms with Gasteiger partial charge in [0.25, 0.3) is 11.7 Å². The topological polar surface area (TPSA) is 218 Å². The Balaban J connectivity index is 0.000000254. The van der Waals surface area contributed by atoms with E-state index in [1.54, 1.807) is 58.9 Å². The number of hydrogen-bond donors (Lipinski definition) is 3. The number of carbonyl (C=O) groups is 4. The molecule has 1 amide bonds. The molecule has 0 saturated heterocycles. The van der Waals surface area contributed by atoms with Crippen LogP contribution in [0.5, 0.6) is 11.5 Å². The molecule has 1 spiro atoms. The van der Waals surface area contributed by atoms with Gasteiger partial charge in [-0.05, 0) is 105 Å². The monoisotopic (exact) mass is 1190 g/mol. The first-order valence-electron chi connectivity index (χ1n) is 26.6. The van der Waals surface area contributed by atoms with Crippen molar-refractivity contribution in [2.24, 2.45) is 11.1 Å². The van der Waals surface area contributed by atoms with Crippen molar-refractivity contribution < 1.29 is 56.8 Å². The third-order valence-corrected chi connectivity index (χ3v) is 15.2. The maximum absolute atomic E-state index is 14.4. The van der Waals surface area contributed by atoms with Gasteiger partial charge >= 0.3 is 5.97 Å². The Morgan fingerprint density at radius 1 is 0.720 bits per heavy atom. The van der Waals surface area contributed by atoms with Crippen LogP contribution in [0.4, 0.5) is 8.78 Å². The molecule has 440 valence electrons. The van der Waals surface area contributed by atoms with Crippen LogP contribution >= 0.6 is 33.1 Å². The van der Waals surface area contributed by atoms with E-state index in [1.165, 1.54) is 37.2 Å². The zero-order valence-electron chi connectivity index (χ0n) is 45.5. The summed E-state index contributed by atoms with van der Waals surface area (Å²) < 4.78 is 51.8. The third-order valence-electron chi connectivity index (χ3n) is 14.6. The van der Waals surface area contributed by atoms with Crippen molar-refractivity contribution in [3.63, 3.8) is 0 Å². The largest absolute Gasteiger partial charge is 0.483 e. The summed E-state index contributed by atoms with van der Waals surface area (Å²) >= 11 is 11.6. The number of halogens is 4. The molecule has 1 aliphatic heterocycles. The van der Waals surface area contributed by atoms with Crippen LogP contribution in [0.25, 0.3) is 0 Å². The lowest BCUT2D eigenvalue weighted by molar-refractivity contribution is -0.0745. The number of ether oxygens (including phenoxy) is 3. The number of aliphatic hydroxyl groups excluding tert-OH is 2. The highest BCUT2D eigenvalue weighted by Gasteiger charge is 2.53. The Kier molecular flexibility index (Phi) is 24.3. The molecule has 0 bridgehead atoms. The first kappa shape index (κ1) is 66.2. The van der Waals surface area contributed by atoms with E-state index in [9.17, 15) is 42.7 Å². The lowest BCUT2D eigenvalue weighted by Gasteiger charge is -2.55. The fraction of sp³-hybridized carbons (Fsp3) is 0.387. The van der Waals surface area contributed by atoms with E-state index < -0.39 is 63.2 Å². The summed E-state index contributed by atoms with van der Waals surface area (Å²) in [6, 6.07) is 27.2. The van der Waals surface area contributed by atoms with Crippen molar-refractivity contribution >= 4 is 56.5 Å². The fourth-order valence-corrected chi connectivity index (χ4v) is 10.9. The molecule has 2 saturated carbocycles. The number of rotatable bonds is 20. The number of amides is 1. The second-order valence-electron chi connectivity index (χ2n) is 20.2. The number of benzene rings is 4. The molecule has 2 aliphatic carbocycles. The SMILES string of the molecule is C.CCCC1(CN)CC(O)C1.CCN1C(=O)c2c(OCc3ccccc3)c(=O)c(C(=O)CCc3cccc(Cl)c3F)cn2CC12CC(O)C2.CCOC(=O)c1occ(C(=O)CCc2cccc(Cl)c2F)c(=O)c1OCc1ccccc1.P. The van der Waals surface area contributed by atoms with Gasteiger partial charge in [-0.1, -0.05) is 129 Å². The van der Waals surface area contributed by atoms with Gasteiger partial charge in [-0.3, -0.25) is 24.0 Å². The fourth-order valence-electron chi connectivity index (χ4n) is 10.5. The maximum Gasteiger partial charge on any atom is 0.378 e. The Bertz CT molecular complexity index is 3290. The number of nitrogens with zero attached hydrogens (tertiary/aromatic N) is 2. The number of aryl methyl sites for hydroxylation is 2. The van der Waals surface area contributed by atoms with Crippen LogP contribution in [-0.2, 0) is 37.3 Å². The molecule has 6 aromatic rings. The molecule has 15 nitrogen and oxygen atoms in total. The molecule has 2 fully saturated rings. The van der Waals surface area contributed by atoms with E-state index >= 15 is 0 Å². The highest BCUT2D eigenvalue weighted by atomic mass is 35.5. The number of ketones is 2. The summed E-state index contributed by atoms with van der Waals surface area (Å²) in [4.78, 5) is 80.1. The van der Waals surface area contributed by atoms with Crippen LogP contribution in [0.3, 0.4) is 0 Å². The summed E-state index contributed by atoms with van der Waals surface area (Å²) in [6.07, 6.45) is 6.60. The van der Waals surface area contributed by atoms with Crippen LogP contribution < -0.4 is 26.1 Å². The van der Waals surface area contributed by atoms with E-state index in [4.69, 9.17) is 52.7 Å². The number of carbonyl (C=O) groups excluding carboxylic acids is 4. The van der Waals surface area contributed by atoms with Crippen LogP contribution in [-0.4, -0.2) is 80.6 Å². The first-order chi connectivity index (χ1) is 38.4. The van der Waals surface area contributed by atoms with Crippen LogP contribution in [0.15, 0.2) is 124 Å². The summed E-state index contributed by atoms with van der Waals surface area (Å²) in [5, 5.41) is 19.1. The summed E-state index contributed by atoms with van der Waals surface area (Å²) in [5.74, 6) is -4.53. The minimum atomic E-state index is -0.882. The normalized spacial score (nSPS) is 18.3. The van der Waals surface area contributed by atoms with E-state index in [0.717, 1.165) is 36.8 Å². The van der Waals surface area contributed by atoms with Gasteiger partial charge in [-0.2, -0.15) is 9.90 Å². The molecule has 20 heteroatoms. The lowest BCUT2D eigenvalue weighted by Crippen LogP contribution is -2.66. The Morgan fingerprint density at radius 3 is 1.70 bits per heavy atom. The standard InChI is InChI=1S/C29H28ClFN2O5.C24H20ClFO6.C8H17NO.CH4.H3P/c1-2-33-28(37)25-27(38-16-18-7-4-3-5-8-18)26(36)21(15-32(25)17-29(33)13-20(34)14-29)23(35)12-11-19-9-6-10-22(30)24(19)31;1-2-30-24(29)23-22(31-13-15-7-4-3-5-8-15)21(28)17(14-32-23)19(27)12-11-16-9-6-10-18(25)20(16)26;1-2-3-8(6-9)4-7(10)5-8;;/h3-10,15,20,34H,2,11-14,16-17H2,1H3;3-10,14H,2,11-13H2,1H3;7,10H,2-6,9H2,1H3;1H4;1H3. The number of pyridine rings is 1. The summed E-state index contributed by atoms with van der Waals surface area (Å²) in [5.41, 5.74) is 5.61. The van der Waals surface area contributed by atoms with Crippen molar-refractivity contribution in [3.8, 4) is 11.5 Å². The van der Waals surface area contributed by atoms with Gasteiger partial charge in [0.15, 0.2) is 23.0 Å². The number of aliphatic hydroxyl groups is 2. The smallest absolute Gasteiger partial charge is 0.378 e. The van der Waals surface area contributed by atoms with Gasteiger partial charge in [-0.15, -0.1) is 0 Å². The molecule has 1 atom stereocenters. The number of aromatic nitrogens is 1. The molecule has 0 radical (unpaired) electrons. The van der Waals surface area contributed by atoms with Crippen LogP contribution in [0.1, 0.15) is 144 Å². The van der Waals surface area contributed by atoms with Gasteiger partial charge in [0.2, 0.25) is 16.6 Å². The van der Waals surface area contributed by atoms with E-state index in [2.05, 4.69) is 6.92 Å². The highest BCUT2D eigenvalue weighted by Crippen LogP contribution is 2.45. The lowest BCUT2D eigenvalue weighted by atomic mass is 9.64. The third kappa shape index (κ3) is 15.5. The summed E-state index contributed by atoms with van der Waals surface area (Å²) in [6.45, 7) is 7.18. The molecule has 82 heavy (non-hydrogen) atoms. The Labute approximate surface area is 489 Å². The number of esters is 1. The molecule has 3 heterocycles. The quantitative estimate of drug-likeness (QED) is 0.0369. The number of Topliss-reactive ketones (excluding diaryl/α,β-unsaturated/α-hetero) is 2. The van der Waals surface area contributed by atoms with Gasteiger partial charge in [0.05, 0.1) is 40.0 Å². The molecule has 1 unspecified atom stereocenters. The van der Waals surface area contributed by atoms with Crippen LogP contribution in [0, 0.1) is 17.0 Å². The van der Waals surface area contributed by atoms with Gasteiger partial charge in [0, 0.05) is 32.1 Å². The van der Waals surface area contributed by atoms with Crippen LogP contribution in [0.2, 0.25) is 10.0 Å². The highest BCUT2D eigenvalue weighted by molar-refractivity contribution is 6.92. The van der Waals surface area contributed by atoms with Crippen molar-refractivity contribution in [1.29, 1.82) is 0 Å². The minimum absolute atomic E-state index is 0. The van der Waals surface area contributed by atoms with E-state index in [1.807, 2.05) is 43.3 Å². The van der Waals surface area contributed by atoms with E-state index in [0.29, 0.717) is 31.3 Å². The van der Waals surface area contributed by atoms with Gasteiger partial charge in [0.1, 0.15) is 36.7 Å². The Hall–Kier alpha value is -6.59.